The molecular weight excluding hydrogens is 274 g/mol. The number of nitrogens with one attached hydrogen (secondary N) is 2. The molecular formula is C13H23N5O3. The minimum atomic E-state index is -0.445. The molecule has 0 saturated heterocycles. The van der Waals surface area contributed by atoms with Crippen molar-refractivity contribution >= 4 is 6.09 Å². The largest absolute Gasteiger partial charge is 0.448 e. The normalized spacial score (nSPS) is 13.3. The second-order valence-corrected chi connectivity index (χ2v) is 4.73. The Labute approximate surface area is 124 Å². The number of hydrogen-bond donors (Lipinski definition) is 3. The van der Waals surface area contributed by atoms with Gasteiger partial charge in [0.2, 0.25) is 0 Å². The number of hydrogen-bond acceptors (Lipinski definition) is 6. The van der Waals surface area contributed by atoms with E-state index in [1.165, 1.54) is 4.68 Å². The molecule has 1 rings (SSSR count). The first-order valence-electron chi connectivity index (χ1n) is 7.08. The Morgan fingerprint density at radius 1 is 1.48 bits per heavy atom. The predicted molar refractivity (Wildman–Crippen MR) is 75.4 cm³/mol. The number of aromatic nitrogens is 3. The average molecular weight is 297 g/mol. The third-order valence-corrected chi connectivity index (χ3v) is 3.08. The van der Waals surface area contributed by atoms with E-state index in [0.717, 1.165) is 19.3 Å². The van der Waals surface area contributed by atoms with Crippen LogP contribution in [-0.2, 0) is 11.3 Å². The molecule has 1 heterocycles. The lowest BCUT2D eigenvalue weighted by atomic mass is 10.1. The number of ether oxygens (including phenoxy) is 1. The van der Waals surface area contributed by atoms with Crippen LogP contribution in [0.5, 0.6) is 0 Å². The molecule has 1 aromatic rings. The molecule has 0 fully saturated rings. The number of alkyl carbamates (subject to hydrolysis) is 1. The summed E-state index contributed by atoms with van der Waals surface area (Å²) in [5, 5.41) is 22.3. The molecule has 1 aromatic heterocycles. The Hall–Kier alpha value is -1.85. The number of rotatable bonds is 10. The minimum absolute atomic E-state index is 0.0905. The van der Waals surface area contributed by atoms with Gasteiger partial charge < -0.3 is 20.5 Å². The van der Waals surface area contributed by atoms with Crippen LogP contribution >= 0.6 is 0 Å². The van der Waals surface area contributed by atoms with Gasteiger partial charge in [-0.3, -0.25) is 0 Å². The maximum atomic E-state index is 11.4. The first-order valence-corrected chi connectivity index (χ1v) is 7.08. The highest BCUT2D eigenvalue weighted by Gasteiger charge is 2.11. The van der Waals surface area contributed by atoms with Gasteiger partial charge in [0.25, 0.3) is 0 Å². The summed E-state index contributed by atoms with van der Waals surface area (Å²) in [7, 11) is 1.83. The Morgan fingerprint density at radius 3 is 2.90 bits per heavy atom. The van der Waals surface area contributed by atoms with Gasteiger partial charge in [-0.25, -0.2) is 4.79 Å². The summed E-state index contributed by atoms with van der Waals surface area (Å²) in [6.45, 7) is 2.94. The topological polar surface area (TPSA) is 101 Å². The molecule has 0 bridgehead atoms. The van der Waals surface area contributed by atoms with E-state index in [0.29, 0.717) is 13.1 Å². The number of likely N-dealkylation sites (N-methyl/N-ethyl adjacent to an activating group) is 1. The van der Waals surface area contributed by atoms with E-state index in [1.807, 2.05) is 7.05 Å². The molecule has 0 aliphatic heterocycles. The van der Waals surface area contributed by atoms with Gasteiger partial charge in [-0.15, -0.1) is 0 Å². The number of unbranched alkanes of at least 4 members (excludes halogenated alkanes) is 1. The van der Waals surface area contributed by atoms with Crippen molar-refractivity contribution < 1.29 is 14.6 Å². The molecule has 8 nitrogen and oxygen atoms in total. The van der Waals surface area contributed by atoms with Crippen LogP contribution in [0.25, 0.3) is 0 Å². The van der Waals surface area contributed by atoms with Crippen LogP contribution in [0.15, 0.2) is 0 Å². The zero-order valence-corrected chi connectivity index (χ0v) is 12.5. The van der Waals surface area contributed by atoms with Crippen LogP contribution in [0.3, 0.4) is 0 Å². The molecule has 0 aliphatic carbocycles. The smallest absolute Gasteiger partial charge is 0.407 e. The molecule has 2 unspecified atom stereocenters. The van der Waals surface area contributed by atoms with E-state index in [4.69, 9.17) is 4.74 Å². The number of aliphatic hydroxyl groups is 1. The fraction of sp³-hybridized carbons (Fsp3) is 0.769. The van der Waals surface area contributed by atoms with Crippen LogP contribution < -0.4 is 10.6 Å². The molecule has 0 radical (unpaired) electrons. The van der Waals surface area contributed by atoms with Crippen LogP contribution in [0, 0.1) is 12.4 Å². The summed E-state index contributed by atoms with van der Waals surface area (Å²) >= 11 is 0. The fourth-order valence-corrected chi connectivity index (χ4v) is 1.86. The number of nitrogens with zero attached hydrogens (tertiary/aromatic N) is 3. The Balaban J connectivity index is 1.98. The van der Waals surface area contributed by atoms with Gasteiger partial charge in [0.05, 0.1) is 25.0 Å². The first-order chi connectivity index (χ1) is 10.1. The summed E-state index contributed by atoms with van der Waals surface area (Å²) in [5.74, 6) is 0. The Morgan fingerprint density at radius 2 is 2.29 bits per heavy atom. The van der Waals surface area contributed by atoms with E-state index in [-0.39, 0.29) is 18.8 Å². The zero-order valence-electron chi connectivity index (χ0n) is 12.5. The van der Waals surface area contributed by atoms with Gasteiger partial charge in [0, 0.05) is 12.6 Å². The second-order valence-electron chi connectivity index (χ2n) is 4.73. The molecule has 0 aliphatic rings. The lowest BCUT2D eigenvalue weighted by Crippen LogP contribution is -2.35. The summed E-state index contributed by atoms with van der Waals surface area (Å²) < 4.78 is 6.40. The van der Waals surface area contributed by atoms with Crippen molar-refractivity contribution in [2.24, 2.45) is 0 Å². The molecule has 0 saturated carbocycles. The lowest BCUT2D eigenvalue weighted by molar-refractivity contribution is 0.138. The van der Waals surface area contributed by atoms with Crippen molar-refractivity contribution in [1.29, 1.82) is 0 Å². The molecule has 3 N–H and O–H groups in total. The maximum absolute atomic E-state index is 11.4. The summed E-state index contributed by atoms with van der Waals surface area (Å²) in [4.78, 5) is 11.4. The van der Waals surface area contributed by atoms with E-state index in [1.54, 1.807) is 6.92 Å². The van der Waals surface area contributed by atoms with Crippen molar-refractivity contribution in [3.05, 3.63) is 12.4 Å². The highest BCUT2D eigenvalue weighted by atomic mass is 16.5. The summed E-state index contributed by atoms with van der Waals surface area (Å²) in [6.07, 6.45) is 6.86. The number of aliphatic hydroxyl groups excluding tert-OH is 1. The highest BCUT2D eigenvalue weighted by Crippen LogP contribution is 2.04. The number of carbonyl (C=O) groups excluding carboxylic acids is 1. The Bertz CT molecular complexity index is 383. The molecule has 0 aromatic carbocycles. The standard InChI is InChI=1S/C13H23N5O3/c1-11(19)12(14-2)5-3-4-6-15-13(20)21-10-9-18-8-7-16-17-18/h11-12,14,19H,3-6,9-10H2,1-2H3,(H,15,20). The molecule has 2 atom stereocenters. The summed E-state index contributed by atoms with van der Waals surface area (Å²) in [6, 6.07) is 0.0905. The summed E-state index contributed by atoms with van der Waals surface area (Å²) in [5.41, 5.74) is 0. The van der Waals surface area contributed by atoms with Crippen molar-refractivity contribution in [2.45, 2.75) is 44.9 Å². The second kappa shape index (κ2) is 9.96. The third-order valence-electron chi connectivity index (χ3n) is 3.08. The van der Waals surface area contributed by atoms with E-state index < -0.39 is 6.09 Å². The van der Waals surface area contributed by atoms with Gasteiger partial charge in [0.15, 0.2) is 0 Å². The molecule has 1 amide bonds. The number of amides is 1. The van der Waals surface area contributed by atoms with Gasteiger partial charge >= 0.3 is 6.09 Å². The maximum Gasteiger partial charge on any atom is 0.407 e. The van der Waals surface area contributed by atoms with Crippen molar-refractivity contribution in [3.63, 3.8) is 0 Å². The number of carbonyl (C=O) groups is 1. The van der Waals surface area contributed by atoms with E-state index in [2.05, 4.69) is 33.3 Å². The molecule has 118 valence electrons. The fourth-order valence-electron chi connectivity index (χ4n) is 1.86. The lowest BCUT2D eigenvalue weighted by Gasteiger charge is -2.18. The monoisotopic (exact) mass is 297 g/mol. The van der Waals surface area contributed by atoms with Crippen LogP contribution in [0.1, 0.15) is 26.2 Å². The molecule has 21 heavy (non-hydrogen) atoms. The SMILES string of the molecule is CNC(CCCCNC(=O)OCCn1c#cnn1)C(C)O. The minimum Gasteiger partial charge on any atom is -0.448 e. The van der Waals surface area contributed by atoms with Crippen molar-refractivity contribution in [3.8, 4) is 0 Å². The predicted octanol–water partition coefficient (Wildman–Crippen LogP) is -0.256. The third kappa shape index (κ3) is 7.48. The molecule has 8 heteroatoms. The van der Waals surface area contributed by atoms with E-state index in [9.17, 15) is 9.90 Å². The van der Waals surface area contributed by atoms with Crippen LogP contribution in [0.4, 0.5) is 4.79 Å². The van der Waals surface area contributed by atoms with Crippen LogP contribution in [0.2, 0.25) is 0 Å². The van der Waals surface area contributed by atoms with Gasteiger partial charge in [-0.1, -0.05) is 11.5 Å². The van der Waals surface area contributed by atoms with E-state index >= 15 is 0 Å². The Kier molecular flexibility index (Phi) is 8.16. The zero-order chi connectivity index (χ0) is 15.5. The highest BCUT2D eigenvalue weighted by molar-refractivity contribution is 5.66. The average Bonchev–Trinajstić information content (AvgIpc) is 2.95. The van der Waals surface area contributed by atoms with Crippen molar-refractivity contribution in [2.75, 3.05) is 20.2 Å². The van der Waals surface area contributed by atoms with Gasteiger partial charge in [0.1, 0.15) is 6.61 Å². The van der Waals surface area contributed by atoms with Crippen LogP contribution in [-0.4, -0.2) is 58.5 Å². The van der Waals surface area contributed by atoms with Crippen molar-refractivity contribution in [1.82, 2.24) is 25.6 Å². The quantitative estimate of drug-likeness (QED) is 0.515. The van der Waals surface area contributed by atoms with Gasteiger partial charge in [-0.05, 0) is 32.0 Å². The molecule has 0 spiro atoms. The first kappa shape index (κ1) is 17.2. The van der Waals surface area contributed by atoms with Gasteiger partial charge in [-0.2, -0.15) is 4.68 Å².